The van der Waals surface area contributed by atoms with Gasteiger partial charge in [-0.2, -0.15) is 0 Å². The van der Waals surface area contributed by atoms with E-state index in [1.54, 1.807) is 36.4 Å². The zero-order chi connectivity index (χ0) is 20.5. The lowest BCUT2D eigenvalue weighted by Crippen LogP contribution is -2.27. The van der Waals surface area contributed by atoms with Gasteiger partial charge in [-0.3, -0.25) is 9.69 Å². The fourth-order valence-corrected chi connectivity index (χ4v) is 4.32. The summed E-state index contributed by atoms with van der Waals surface area (Å²) in [6.45, 7) is 0. The van der Waals surface area contributed by atoms with Crippen molar-refractivity contribution in [2.24, 2.45) is 0 Å². The Morgan fingerprint density at radius 1 is 1.10 bits per heavy atom. The maximum absolute atomic E-state index is 12.8. The van der Waals surface area contributed by atoms with Crippen molar-refractivity contribution < 1.29 is 19.1 Å². The number of halogens is 1. The Balaban J connectivity index is 1.60. The number of benzene rings is 2. The van der Waals surface area contributed by atoms with Gasteiger partial charge < -0.3 is 9.52 Å². The molecule has 3 aromatic rings. The maximum Gasteiger partial charge on any atom is 0.335 e. The predicted molar refractivity (Wildman–Crippen MR) is 118 cm³/mol. The van der Waals surface area contributed by atoms with E-state index in [4.69, 9.17) is 33.3 Å². The van der Waals surface area contributed by atoms with Crippen molar-refractivity contribution >= 4 is 63.5 Å². The van der Waals surface area contributed by atoms with Crippen molar-refractivity contribution in [3.05, 3.63) is 81.9 Å². The third-order valence-electron chi connectivity index (χ3n) is 4.21. The summed E-state index contributed by atoms with van der Waals surface area (Å²) in [7, 11) is 0. The minimum Gasteiger partial charge on any atom is -0.478 e. The molecule has 2 heterocycles. The highest BCUT2D eigenvalue weighted by atomic mass is 35.5. The minimum absolute atomic E-state index is 0.137. The van der Waals surface area contributed by atoms with Gasteiger partial charge in [-0.25, -0.2) is 4.79 Å². The average Bonchev–Trinajstić information content (AvgIpc) is 3.27. The van der Waals surface area contributed by atoms with E-state index in [9.17, 15) is 9.59 Å². The van der Waals surface area contributed by atoms with Gasteiger partial charge in [0.25, 0.3) is 5.91 Å². The van der Waals surface area contributed by atoms with Crippen LogP contribution in [-0.4, -0.2) is 21.3 Å². The number of carboxylic acid groups (broad SMARTS) is 1. The lowest BCUT2D eigenvalue weighted by molar-refractivity contribution is -0.113. The molecule has 0 unspecified atom stereocenters. The lowest BCUT2D eigenvalue weighted by Gasteiger charge is -2.14. The van der Waals surface area contributed by atoms with Crippen LogP contribution < -0.4 is 4.90 Å². The van der Waals surface area contributed by atoms with Crippen molar-refractivity contribution in [1.82, 2.24) is 0 Å². The van der Waals surface area contributed by atoms with E-state index in [-0.39, 0.29) is 11.5 Å². The Bertz CT molecular complexity index is 1170. The van der Waals surface area contributed by atoms with Crippen LogP contribution in [0.25, 0.3) is 17.4 Å². The number of hydrogen-bond donors (Lipinski definition) is 1. The van der Waals surface area contributed by atoms with Gasteiger partial charge >= 0.3 is 5.97 Å². The van der Waals surface area contributed by atoms with E-state index in [2.05, 4.69) is 0 Å². The lowest BCUT2D eigenvalue weighted by atomic mass is 10.2. The molecule has 1 saturated heterocycles. The summed E-state index contributed by atoms with van der Waals surface area (Å²) in [6.07, 6.45) is 1.63. The van der Waals surface area contributed by atoms with Crippen LogP contribution in [-0.2, 0) is 4.79 Å². The number of carboxylic acids is 1. The fraction of sp³-hybridized carbons (Fsp3) is 0. The molecule has 1 fully saturated rings. The topological polar surface area (TPSA) is 70.8 Å². The summed E-state index contributed by atoms with van der Waals surface area (Å²) in [6, 6.07) is 16.9. The van der Waals surface area contributed by atoms with Gasteiger partial charge in [0, 0.05) is 11.6 Å². The van der Waals surface area contributed by atoms with Gasteiger partial charge in [0.2, 0.25) is 0 Å². The minimum atomic E-state index is -1.03. The fourth-order valence-electron chi connectivity index (χ4n) is 2.81. The molecular formula is C21H12ClNO4S2. The molecule has 0 aliphatic carbocycles. The van der Waals surface area contributed by atoms with Crippen molar-refractivity contribution in [2.45, 2.75) is 0 Å². The molecule has 1 aliphatic rings. The molecule has 144 valence electrons. The second-order valence-electron chi connectivity index (χ2n) is 6.05. The van der Waals surface area contributed by atoms with Gasteiger partial charge in [-0.1, -0.05) is 47.7 Å². The molecule has 5 nitrogen and oxygen atoms in total. The molecule has 4 rings (SSSR count). The summed E-state index contributed by atoms with van der Waals surface area (Å²) >= 11 is 12.7. The highest BCUT2D eigenvalue weighted by molar-refractivity contribution is 8.27. The van der Waals surface area contributed by atoms with E-state index in [0.29, 0.717) is 31.5 Å². The highest BCUT2D eigenvalue weighted by Crippen LogP contribution is 2.37. The second-order valence-corrected chi connectivity index (χ2v) is 8.13. The third-order valence-corrected chi connectivity index (χ3v) is 5.84. The SMILES string of the molecule is O=C(O)c1ccc(N2C(=O)/C(=C/c3ccc(-c4ccccc4Cl)o3)SC2=S)cc1. The summed E-state index contributed by atoms with van der Waals surface area (Å²) < 4.78 is 6.19. The van der Waals surface area contributed by atoms with Crippen LogP contribution in [0.2, 0.25) is 5.02 Å². The molecule has 0 radical (unpaired) electrons. The van der Waals surface area contributed by atoms with Crippen LogP contribution in [0, 0.1) is 0 Å². The average molecular weight is 442 g/mol. The van der Waals surface area contributed by atoms with Crippen LogP contribution in [0.3, 0.4) is 0 Å². The third kappa shape index (κ3) is 3.85. The number of hydrogen-bond acceptors (Lipinski definition) is 5. The number of nitrogens with zero attached hydrogens (tertiary/aromatic N) is 1. The van der Waals surface area contributed by atoms with E-state index in [1.165, 1.54) is 17.0 Å². The van der Waals surface area contributed by atoms with Gasteiger partial charge in [0.1, 0.15) is 11.5 Å². The van der Waals surface area contributed by atoms with Gasteiger partial charge in [0.05, 0.1) is 21.2 Å². The number of rotatable bonds is 4. The number of anilines is 1. The Morgan fingerprint density at radius 3 is 2.52 bits per heavy atom. The zero-order valence-corrected chi connectivity index (χ0v) is 17.1. The molecule has 0 bridgehead atoms. The van der Waals surface area contributed by atoms with Crippen LogP contribution in [0.4, 0.5) is 5.69 Å². The van der Waals surface area contributed by atoms with Crippen molar-refractivity contribution in [2.75, 3.05) is 4.90 Å². The number of furan rings is 1. The van der Waals surface area contributed by atoms with Crippen molar-refractivity contribution in [3.63, 3.8) is 0 Å². The summed E-state index contributed by atoms with van der Waals surface area (Å²) in [4.78, 5) is 25.6. The smallest absolute Gasteiger partial charge is 0.335 e. The number of carbonyl (C=O) groups is 2. The summed E-state index contributed by atoms with van der Waals surface area (Å²) in [5, 5.41) is 9.59. The largest absolute Gasteiger partial charge is 0.478 e. The normalized spacial score (nSPS) is 15.3. The Kier molecular flexibility index (Phi) is 5.27. The number of aromatic carboxylic acids is 1. The summed E-state index contributed by atoms with van der Waals surface area (Å²) in [5.74, 6) is -0.226. The van der Waals surface area contributed by atoms with Gasteiger partial charge in [-0.05, 0) is 48.5 Å². The Labute approximate surface area is 180 Å². The summed E-state index contributed by atoms with van der Waals surface area (Å²) in [5.41, 5.74) is 1.41. The molecule has 8 heteroatoms. The first-order valence-electron chi connectivity index (χ1n) is 8.40. The van der Waals surface area contributed by atoms with Crippen LogP contribution in [0.1, 0.15) is 16.1 Å². The van der Waals surface area contributed by atoms with Gasteiger partial charge in [0.15, 0.2) is 4.32 Å². The number of thioether (sulfide) groups is 1. The van der Waals surface area contributed by atoms with E-state index < -0.39 is 5.97 Å². The molecule has 1 aliphatic heterocycles. The second kappa shape index (κ2) is 7.87. The van der Waals surface area contributed by atoms with E-state index in [1.807, 2.05) is 18.2 Å². The molecular weight excluding hydrogens is 430 g/mol. The van der Waals surface area contributed by atoms with Crippen molar-refractivity contribution in [3.8, 4) is 11.3 Å². The number of amides is 1. The molecule has 1 aromatic heterocycles. The molecule has 2 aromatic carbocycles. The maximum atomic E-state index is 12.8. The molecule has 1 N–H and O–H groups in total. The van der Waals surface area contributed by atoms with Crippen LogP contribution >= 0.6 is 35.6 Å². The molecule has 1 amide bonds. The first kappa shape index (κ1) is 19.4. The first-order chi connectivity index (χ1) is 13.9. The highest BCUT2D eigenvalue weighted by Gasteiger charge is 2.33. The first-order valence-corrected chi connectivity index (χ1v) is 10.0. The van der Waals surface area contributed by atoms with E-state index in [0.717, 1.165) is 17.3 Å². The van der Waals surface area contributed by atoms with Crippen molar-refractivity contribution in [1.29, 1.82) is 0 Å². The van der Waals surface area contributed by atoms with Crippen LogP contribution in [0.15, 0.2) is 70.0 Å². The molecule has 29 heavy (non-hydrogen) atoms. The molecule has 0 spiro atoms. The molecule has 0 atom stereocenters. The Hall–Kier alpha value is -2.87. The van der Waals surface area contributed by atoms with Gasteiger partial charge in [-0.15, -0.1) is 0 Å². The zero-order valence-electron chi connectivity index (χ0n) is 14.7. The quantitative estimate of drug-likeness (QED) is 0.413. The number of thiocarbonyl (C=S) groups is 1. The van der Waals surface area contributed by atoms with E-state index >= 15 is 0 Å². The monoisotopic (exact) mass is 441 g/mol. The number of carbonyl (C=O) groups excluding carboxylic acids is 1. The molecule has 0 saturated carbocycles. The standard InChI is InChI=1S/C21H12ClNO4S2/c22-16-4-2-1-3-15(16)17-10-9-14(27-17)11-18-19(24)23(21(28)29-18)13-7-5-12(6-8-13)20(25)26/h1-11H,(H,25,26)/b18-11-. The van der Waals surface area contributed by atoms with Crippen LogP contribution in [0.5, 0.6) is 0 Å². The Morgan fingerprint density at radius 2 is 1.83 bits per heavy atom. The predicted octanol–water partition coefficient (Wildman–Crippen LogP) is 5.70.